The van der Waals surface area contributed by atoms with Crippen molar-refractivity contribution in [1.82, 2.24) is 0 Å². The number of carbonyl (C=O) groups is 2. The molecule has 0 aromatic heterocycles. The van der Waals surface area contributed by atoms with Gasteiger partial charge in [0.15, 0.2) is 17.8 Å². The van der Waals surface area contributed by atoms with Crippen LogP contribution in [-0.4, -0.2) is 113 Å². The summed E-state index contributed by atoms with van der Waals surface area (Å²) in [5.74, 6) is -3.33. The van der Waals surface area contributed by atoms with Crippen LogP contribution < -0.4 is 4.74 Å². The van der Waals surface area contributed by atoms with Gasteiger partial charge in [-0.1, -0.05) is 6.07 Å². The van der Waals surface area contributed by atoms with Gasteiger partial charge < -0.3 is 59.1 Å². The molecule has 4 rings (SSSR count). The molecule has 1 aliphatic carbocycles. The van der Waals surface area contributed by atoms with E-state index >= 15 is 0 Å². The van der Waals surface area contributed by atoms with Crippen molar-refractivity contribution in [1.29, 1.82) is 0 Å². The van der Waals surface area contributed by atoms with Crippen molar-refractivity contribution in [3.8, 4) is 11.5 Å². The average molecular weight is 581 g/mol. The van der Waals surface area contributed by atoms with E-state index in [4.69, 9.17) is 28.4 Å². The average Bonchev–Trinajstić information content (AvgIpc) is 3.35. The van der Waals surface area contributed by atoms with Crippen molar-refractivity contribution < 1.29 is 68.6 Å². The Bertz CT molecular complexity index is 1210. The zero-order valence-electron chi connectivity index (χ0n) is 22.1. The number of phenolic OH excluding ortho intramolecular Hbond substituents is 1. The quantitative estimate of drug-likeness (QED) is 0.114. The van der Waals surface area contributed by atoms with Gasteiger partial charge in [-0.3, -0.25) is 0 Å². The van der Waals surface area contributed by atoms with Gasteiger partial charge in [0.25, 0.3) is 0 Å². The standard InChI is InChI=1S/C27H32O14/c1-36-16-7-12(3-5-15(16)30)4-6-19(31)39-17-8-13(9-28)20-21(17)14(25(35)37-2)11-38-26(20)41-27-24(34)23(33)22(32)18(10-29)40-27/h3-8,11,17-18,20-24,26-30,32-34H,9-10H2,1-2H3/b6-4+/t17-,18-,20+,21-,22-,23+,24-,26+,27+/m1/s1. The molecule has 0 amide bonds. The number of aromatic hydroxyl groups is 1. The third-order valence-corrected chi connectivity index (χ3v) is 7.12. The molecule has 0 spiro atoms. The molecular formula is C27H32O14. The van der Waals surface area contributed by atoms with E-state index in [0.29, 0.717) is 5.56 Å². The number of hydrogen-bond acceptors (Lipinski definition) is 14. The van der Waals surface area contributed by atoms with E-state index < -0.39 is 80.1 Å². The van der Waals surface area contributed by atoms with Crippen LogP contribution in [0.4, 0.5) is 0 Å². The van der Waals surface area contributed by atoms with Gasteiger partial charge in [0.2, 0.25) is 6.29 Å². The summed E-state index contributed by atoms with van der Waals surface area (Å²) in [5, 5.41) is 59.9. The highest BCUT2D eigenvalue weighted by molar-refractivity contribution is 5.90. The van der Waals surface area contributed by atoms with Crippen molar-refractivity contribution in [2.45, 2.75) is 43.1 Å². The first-order valence-electron chi connectivity index (χ1n) is 12.6. The number of ether oxygens (including phenoxy) is 6. The second kappa shape index (κ2) is 13.0. The first-order valence-corrected chi connectivity index (χ1v) is 12.6. The Morgan fingerprint density at radius 1 is 1.02 bits per heavy atom. The van der Waals surface area contributed by atoms with Crippen molar-refractivity contribution in [3.05, 3.63) is 53.3 Å². The van der Waals surface area contributed by atoms with Gasteiger partial charge in [-0.2, -0.15) is 0 Å². The molecule has 0 bridgehead atoms. The summed E-state index contributed by atoms with van der Waals surface area (Å²) >= 11 is 0. The van der Waals surface area contributed by atoms with Crippen LogP contribution in [0.25, 0.3) is 6.08 Å². The lowest BCUT2D eigenvalue weighted by atomic mass is 9.82. The lowest BCUT2D eigenvalue weighted by molar-refractivity contribution is -0.340. The summed E-state index contributed by atoms with van der Waals surface area (Å²) in [4.78, 5) is 25.4. The van der Waals surface area contributed by atoms with E-state index in [2.05, 4.69) is 0 Å². The van der Waals surface area contributed by atoms with Crippen molar-refractivity contribution in [2.24, 2.45) is 11.8 Å². The zero-order valence-corrected chi connectivity index (χ0v) is 22.1. The third kappa shape index (κ3) is 6.23. The number of methoxy groups -OCH3 is 2. The maximum atomic E-state index is 12.8. The summed E-state index contributed by atoms with van der Waals surface area (Å²) in [5.41, 5.74) is 0.793. The SMILES string of the molecule is COC(=O)C1=CO[C@@H](O[C@@H]2O[C@H](CO)[C@@H](O)[C@H](O)[C@H]2O)[C@H]2C(CO)=C[C@@H](OC(=O)/C=C/c3ccc(O)c(OC)c3)[C@@H]12. The number of phenols is 1. The van der Waals surface area contributed by atoms with Crippen LogP contribution in [0.2, 0.25) is 0 Å². The molecule has 9 atom stereocenters. The number of aliphatic hydroxyl groups excluding tert-OH is 5. The second-order valence-electron chi connectivity index (χ2n) is 9.52. The highest BCUT2D eigenvalue weighted by Crippen LogP contribution is 2.45. The van der Waals surface area contributed by atoms with Crippen LogP contribution in [0.1, 0.15) is 5.56 Å². The third-order valence-electron chi connectivity index (χ3n) is 7.12. The van der Waals surface area contributed by atoms with Crippen LogP contribution in [0.15, 0.2) is 47.8 Å². The van der Waals surface area contributed by atoms with Crippen molar-refractivity contribution in [3.63, 3.8) is 0 Å². The van der Waals surface area contributed by atoms with E-state index in [1.807, 2.05) is 0 Å². The molecule has 224 valence electrons. The number of rotatable bonds is 9. The number of carbonyl (C=O) groups excluding carboxylic acids is 2. The fourth-order valence-electron chi connectivity index (χ4n) is 5.01. The van der Waals surface area contributed by atoms with Crippen LogP contribution >= 0.6 is 0 Å². The molecule has 14 heteroatoms. The van der Waals surface area contributed by atoms with Gasteiger partial charge in [-0.25, -0.2) is 9.59 Å². The molecule has 41 heavy (non-hydrogen) atoms. The Morgan fingerprint density at radius 3 is 2.44 bits per heavy atom. The Balaban J connectivity index is 1.56. The van der Waals surface area contributed by atoms with Crippen molar-refractivity contribution in [2.75, 3.05) is 27.4 Å². The molecular weight excluding hydrogens is 548 g/mol. The predicted molar refractivity (Wildman–Crippen MR) is 136 cm³/mol. The smallest absolute Gasteiger partial charge is 0.337 e. The Hall–Kier alpha value is -3.50. The van der Waals surface area contributed by atoms with Gasteiger partial charge >= 0.3 is 11.9 Å². The molecule has 1 aromatic rings. The lowest BCUT2D eigenvalue weighted by Crippen LogP contribution is -2.60. The Morgan fingerprint density at radius 2 is 1.78 bits per heavy atom. The van der Waals surface area contributed by atoms with Crippen LogP contribution in [-0.2, 0) is 33.3 Å². The summed E-state index contributed by atoms with van der Waals surface area (Å²) in [6.07, 6.45) is -5.22. The summed E-state index contributed by atoms with van der Waals surface area (Å²) < 4.78 is 32.3. The normalized spacial score (nSPS) is 32.9. The number of esters is 2. The first kappa shape index (κ1) is 30.5. The number of aliphatic hydroxyl groups is 5. The highest BCUT2D eigenvalue weighted by atomic mass is 16.8. The Labute approximate surface area is 234 Å². The fourth-order valence-corrected chi connectivity index (χ4v) is 5.01. The molecule has 3 aliphatic rings. The molecule has 0 radical (unpaired) electrons. The van der Waals surface area contributed by atoms with Crippen LogP contribution in [0.3, 0.4) is 0 Å². The summed E-state index contributed by atoms with van der Waals surface area (Å²) in [6.45, 7) is -1.22. The minimum Gasteiger partial charge on any atom is -0.504 e. The van der Waals surface area contributed by atoms with E-state index in [-0.39, 0.29) is 22.6 Å². The molecule has 6 N–H and O–H groups in total. The maximum absolute atomic E-state index is 12.8. The van der Waals surface area contributed by atoms with Gasteiger partial charge in [0, 0.05) is 12.0 Å². The molecule has 0 saturated carbocycles. The van der Waals surface area contributed by atoms with Gasteiger partial charge in [0.05, 0.1) is 45.2 Å². The van der Waals surface area contributed by atoms with E-state index in [0.717, 1.165) is 19.4 Å². The van der Waals surface area contributed by atoms with Crippen LogP contribution in [0, 0.1) is 11.8 Å². The van der Waals surface area contributed by atoms with Gasteiger partial charge in [0.1, 0.15) is 30.5 Å². The predicted octanol–water partition coefficient (Wildman–Crippen LogP) is -1.28. The molecule has 0 unspecified atom stereocenters. The van der Waals surface area contributed by atoms with E-state index in [1.54, 1.807) is 6.07 Å². The number of benzene rings is 1. The van der Waals surface area contributed by atoms with Gasteiger partial charge in [-0.05, 0) is 35.4 Å². The lowest BCUT2D eigenvalue weighted by Gasteiger charge is -2.43. The number of hydrogen-bond donors (Lipinski definition) is 6. The summed E-state index contributed by atoms with van der Waals surface area (Å²) in [6, 6.07) is 4.45. The van der Waals surface area contributed by atoms with Crippen LogP contribution in [0.5, 0.6) is 11.5 Å². The zero-order chi connectivity index (χ0) is 29.8. The first-order chi connectivity index (χ1) is 19.6. The van der Waals surface area contributed by atoms with Gasteiger partial charge in [-0.15, -0.1) is 0 Å². The molecule has 1 aromatic carbocycles. The van der Waals surface area contributed by atoms with E-state index in [1.165, 1.54) is 31.4 Å². The Kier molecular flexibility index (Phi) is 9.65. The van der Waals surface area contributed by atoms with Crippen molar-refractivity contribution >= 4 is 18.0 Å². The topological polar surface area (TPSA) is 211 Å². The monoisotopic (exact) mass is 580 g/mol. The minimum atomic E-state index is -1.74. The highest BCUT2D eigenvalue weighted by Gasteiger charge is 2.53. The molecule has 2 aliphatic heterocycles. The largest absolute Gasteiger partial charge is 0.504 e. The molecule has 2 heterocycles. The molecule has 1 fully saturated rings. The minimum absolute atomic E-state index is 0.0177. The van der Waals surface area contributed by atoms with E-state index in [9.17, 15) is 40.2 Å². The summed E-state index contributed by atoms with van der Waals surface area (Å²) in [7, 11) is 2.53. The molecule has 1 saturated heterocycles. The fraction of sp³-hybridized carbons (Fsp3) is 0.481. The maximum Gasteiger partial charge on any atom is 0.337 e. The number of fused-ring (bicyclic) bond motifs is 1. The second-order valence-corrected chi connectivity index (χ2v) is 9.52. The molecule has 14 nitrogen and oxygen atoms in total.